The SMILES string of the molecule is Cc1ccc2nnc(-c3ccccc3)c(C(=O)N3CCC(N4CCCCC4)CC3)c2c1. The lowest BCUT2D eigenvalue weighted by Gasteiger charge is -2.40. The lowest BCUT2D eigenvalue weighted by atomic mass is 9.96. The number of amides is 1. The van der Waals surface area contributed by atoms with Gasteiger partial charge in [0.25, 0.3) is 5.91 Å². The summed E-state index contributed by atoms with van der Waals surface area (Å²) in [6, 6.07) is 16.6. The first-order valence-electron chi connectivity index (χ1n) is 11.6. The summed E-state index contributed by atoms with van der Waals surface area (Å²) in [5.41, 5.74) is 4.21. The number of aryl methyl sites for hydroxylation is 1. The van der Waals surface area contributed by atoms with E-state index in [0.29, 0.717) is 17.3 Å². The second kappa shape index (κ2) is 8.75. The molecular formula is C26H30N4O. The van der Waals surface area contributed by atoms with Crippen LogP contribution in [-0.4, -0.2) is 58.1 Å². The van der Waals surface area contributed by atoms with Crippen molar-refractivity contribution in [1.82, 2.24) is 20.0 Å². The highest BCUT2D eigenvalue weighted by atomic mass is 16.2. The first-order valence-corrected chi connectivity index (χ1v) is 11.6. The Labute approximate surface area is 184 Å². The van der Waals surface area contributed by atoms with E-state index in [1.807, 2.05) is 47.4 Å². The van der Waals surface area contributed by atoms with Crippen LogP contribution in [0, 0.1) is 6.92 Å². The molecule has 2 saturated heterocycles. The van der Waals surface area contributed by atoms with Gasteiger partial charge in [-0.3, -0.25) is 4.79 Å². The number of piperidine rings is 2. The van der Waals surface area contributed by atoms with Gasteiger partial charge >= 0.3 is 0 Å². The van der Waals surface area contributed by atoms with E-state index in [2.05, 4.69) is 28.1 Å². The van der Waals surface area contributed by atoms with Crippen LogP contribution in [0.25, 0.3) is 22.2 Å². The van der Waals surface area contributed by atoms with Crippen LogP contribution in [0.1, 0.15) is 48.0 Å². The summed E-state index contributed by atoms with van der Waals surface area (Å²) in [5.74, 6) is 0.0847. The predicted molar refractivity (Wildman–Crippen MR) is 124 cm³/mol. The lowest BCUT2D eigenvalue weighted by molar-refractivity contribution is 0.0592. The van der Waals surface area contributed by atoms with E-state index in [-0.39, 0.29) is 5.91 Å². The van der Waals surface area contributed by atoms with Crippen LogP contribution in [0.2, 0.25) is 0 Å². The molecule has 2 fully saturated rings. The quantitative estimate of drug-likeness (QED) is 0.624. The zero-order chi connectivity index (χ0) is 21.2. The van der Waals surface area contributed by atoms with E-state index in [1.54, 1.807) is 0 Å². The summed E-state index contributed by atoms with van der Waals surface area (Å²) in [7, 11) is 0. The summed E-state index contributed by atoms with van der Waals surface area (Å²) >= 11 is 0. The van der Waals surface area contributed by atoms with Crippen molar-refractivity contribution >= 4 is 16.8 Å². The first kappa shape index (κ1) is 20.1. The molecule has 0 aliphatic carbocycles. The Kier molecular flexibility index (Phi) is 5.68. The Balaban J connectivity index is 1.47. The average molecular weight is 415 g/mol. The highest BCUT2D eigenvalue weighted by Crippen LogP contribution is 2.30. The number of fused-ring (bicyclic) bond motifs is 1. The van der Waals surface area contributed by atoms with E-state index in [9.17, 15) is 4.79 Å². The second-order valence-corrected chi connectivity index (χ2v) is 8.93. The number of benzene rings is 2. The number of hydrogen-bond donors (Lipinski definition) is 0. The molecule has 0 saturated carbocycles. The molecule has 3 aromatic rings. The molecule has 5 nitrogen and oxygen atoms in total. The maximum absolute atomic E-state index is 13.8. The van der Waals surface area contributed by atoms with Crippen molar-refractivity contribution < 1.29 is 4.79 Å². The summed E-state index contributed by atoms with van der Waals surface area (Å²) in [4.78, 5) is 18.5. The summed E-state index contributed by atoms with van der Waals surface area (Å²) in [6.45, 7) is 6.11. The average Bonchev–Trinajstić information content (AvgIpc) is 2.84. The molecule has 2 aliphatic rings. The number of carbonyl (C=O) groups is 1. The predicted octanol–water partition coefficient (Wildman–Crippen LogP) is 4.70. The third-order valence-corrected chi connectivity index (χ3v) is 6.84. The molecule has 0 atom stereocenters. The zero-order valence-electron chi connectivity index (χ0n) is 18.3. The molecule has 0 bridgehead atoms. The largest absolute Gasteiger partial charge is 0.338 e. The van der Waals surface area contributed by atoms with Crippen LogP contribution >= 0.6 is 0 Å². The molecule has 2 aromatic carbocycles. The van der Waals surface area contributed by atoms with Crippen molar-refractivity contribution in [1.29, 1.82) is 0 Å². The topological polar surface area (TPSA) is 49.3 Å². The van der Waals surface area contributed by atoms with E-state index < -0.39 is 0 Å². The molecular weight excluding hydrogens is 384 g/mol. The number of aromatic nitrogens is 2. The Morgan fingerprint density at radius 3 is 2.39 bits per heavy atom. The number of carbonyl (C=O) groups excluding carboxylic acids is 1. The standard InChI is InChI=1S/C26H30N4O/c1-19-10-11-23-22(18-19)24(25(28-27-23)20-8-4-2-5-9-20)26(31)30-16-12-21(13-17-30)29-14-6-3-7-15-29/h2,4-5,8-11,18,21H,3,6-7,12-17H2,1H3. The Morgan fingerprint density at radius 1 is 0.903 bits per heavy atom. The van der Waals surface area contributed by atoms with Gasteiger partial charge in [0.1, 0.15) is 5.69 Å². The van der Waals surface area contributed by atoms with E-state index in [4.69, 9.17) is 0 Å². The molecule has 2 aliphatic heterocycles. The van der Waals surface area contributed by atoms with Crippen molar-refractivity contribution in [2.45, 2.75) is 45.1 Å². The van der Waals surface area contributed by atoms with Gasteiger partial charge in [-0.1, -0.05) is 48.4 Å². The maximum Gasteiger partial charge on any atom is 0.256 e. The summed E-state index contributed by atoms with van der Waals surface area (Å²) in [6.07, 6.45) is 6.10. The molecule has 1 aromatic heterocycles. The Hall–Kier alpha value is -2.79. The fourth-order valence-corrected chi connectivity index (χ4v) is 5.11. The second-order valence-electron chi connectivity index (χ2n) is 8.93. The van der Waals surface area contributed by atoms with Crippen LogP contribution in [0.5, 0.6) is 0 Å². The minimum absolute atomic E-state index is 0.0847. The van der Waals surface area contributed by atoms with Crippen molar-refractivity contribution in [3.63, 3.8) is 0 Å². The van der Waals surface area contributed by atoms with Gasteiger partial charge in [0, 0.05) is 30.1 Å². The number of hydrogen-bond acceptors (Lipinski definition) is 4. The smallest absolute Gasteiger partial charge is 0.256 e. The molecule has 160 valence electrons. The fraction of sp³-hybridized carbons (Fsp3) is 0.423. The van der Waals surface area contributed by atoms with E-state index >= 15 is 0 Å². The van der Waals surface area contributed by atoms with Crippen LogP contribution in [-0.2, 0) is 0 Å². The normalized spacial score (nSPS) is 18.4. The molecule has 3 heterocycles. The van der Waals surface area contributed by atoms with Gasteiger partial charge in [-0.05, 0) is 57.8 Å². The summed E-state index contributed by atoms with van der Waals surface area (Å²) in [5, 5.41) is 9.84. The first-order chi connectivity index (χ1) is 15.2. The van der Waals surface area contributed by atoms with Crippen LogP contribution in [0.3, 0.4) is 0 Å². The van der Waals surface area contributed by atoms with Crippen LogP contribution < -0.4 is 0 Å². The Morgan fingerprint density at radius 2 is 1.65 bits per heavy atom. The molecule has 0 spiro atoms. The third-order valence-electron chi connectivity index (χ3n) is 6.84. The van der Waals surface area contributed by atoms with Crippen molar-refractivity contribution in [2.75, 3.05) is 26.2 Å². The zero-order valence-corrected chi connectivity index (χ0v) is 18.3. The van der Waals surface area contributed by atoms with Crippen LogP contribution in [0.4, 0.5) is 0 Å². The highest BCUT2D eigenvalue weighted by Gasteiger charge is 2.30. The molecule has 0 N–H and O–H groups in total. The van der Waals surface area contributed by atoms with Crippen molar-refractivity contribution in [2.24, 2.45) is 0 Å². The molecule has 5 heteroatoms. The molecule has 0 radical (unpaired) electrons. The fourth-order valence-electron chi connectivity index (χ4n) is 5.11. The lowest BCUT2D eigenvalue weighted by Crippen LogP contribution is -2.48. The van der Waals surface area contributed by atoms with Gasteiger partial charge in [-0.25, -0.2) is 0 Å². The maximum atomic E-state index is 13.8. The molecule has 31 heavy (non-hydrogen) atoms. The number of nitrogens with zero attached hydrogens (tertiary/aromatic N) is 4. The molecule has 0 unspecified atom stereocenters. The van der Waals surface area contributed by atoms with E-state index in [0.717, 1.165) is 48.0 Å². The van der Waals surface area contributed by atoms with Gasteiger partial charge in [0.15, 0.2) is 0 Å². The third kappa shape index (κ3) is 4.07. The summed E-state index contributed by atoms with van der Waals surface area (Å²) < 4.78 is 0. The minimum atomic E-state index is 0.0847. The van der Waals surface area contributed by atoms with Crippen molar-refractivity contribution in [3.05, 3.63) is 59.7 Å². The molecule has 5 rings (SSSR count). The van der Waals surface area contributed by atoms with Gasteiger partial charge in [0.05, 0.1) is 11.1 Å². The number of likely N-dealkylation sites (tertiary alicyclic amines) is 2. The highest BCUT2D eigenvalue weighted by molar-refractivity contribution is 6.10. The van der Waals surface area contributed by atoms with Gasteiger partial charge in [0.2, 0.25) is 0 Å². The van der Waals surface area contributed by atoms with Gasteiger partial charge < -0.3 is 9.80 Å². The van der Waals surface area contributed by atoms with Crippen LogP contribution in [0.15, 0.2) is 48.5 Å². The minimum Gasteiger partial charge on any atom is -0.338 e. The van der Waals surface area contributed by atoms with Crippen molar-refractivity contribution in [3.8, 4) is 11.3 Å². The van der Waals surface area contributed by atoms with Gasteiger partial charge in [-0.2, -0.15) is 0 Å². The Bertz CT molecular complexity index is 1070. The number of rotatable bonds is 3. The van der Waals surface area contributed by atoms with E-state index in [1.165, 1.54) is 32.4 Å². The van der Waals surface area contributed by atoms with Gasteiger partial charge in [-0.15, -0.1) is 10.2 Å². The molecule has 1 amide bonds. The monoisotopic (exact) mass is 414 g/mol.